The predicted molar refractivity (Wildman–Crippen MR) is 140 cm³/mol. The van der Waals surface area contributed by atoms with Crippen molar-refractivity contribution >= 4 is 11.9 Å². The molecule has 4 N–H and O–H groups in total. The number of ether oxygens (including phenoxy) is 1. The summed E-state index contributed by atoms with van der Waals surface area (Å²) in [4.78, 5) is 4.26. The molecule has 1 unspecified atom stereocenters. The summed E-state index contributed by atoms with van der Waals surface area (Å²) >= 11 is 0. The number of benzene rings is 1. The molecular weight excluding hydrogens is 428 g/mol. The van der Waals surface area contributed by atoms with E-state index in [0.717, 1.165) is 47.7 Å². The fraction of sp³-hybridized carbons (Fsp3) is 0.500. The molecule has 1 aromatic carbocycles. The number of phenols is 1. The number of nitriles is 1. The van der Waals surface area contributed by atoms with Gasteiger partial charge in [-0.2, -0.15) is 10.4 Å². The summed E-state index contributed by atoms with van der Waals surface area (Å²) in [5.41, 5.74) is 7.65. The van der Waals surface area contributed by atoms with Crippen molar-refractivity contribution in [1.82, 2.24) is 16.1 Å². The molecule has 1 saturated heterocycles. The molecule has 2 atom stereocenters. The van der Waals surface area contributed by atoms with Gasteiger partial charge in [-0.05, 0) is 69.5 Å². The third kappa shape index (κ3) is 10.6. The van der Waals surface area contributed by atoms with Crippen molar-refractivity contribution in [2.24, 2.45) is 10.1 Å². The predicted octanol–water partition coefficient (Wildman–Crippen LogP) is 4.13. The van der Waals surface area contributed by atoms with Gasteiger partial charge in [-0.25, -0.2) is 0 Å². The van der Waals surface area contributed by atoms with Crippen LogP contribution in [0.15, 0.2) is 51.7 Å². The highest BCUT2D eigenvalue weighted by molar-refractivity contribution is 6.12. The number of aromatic hydroxyl groups is 1. The summed E-state index contributed by atoms with van der Waals surface area (Å²) < 4.78 is 5.27. The van der Waals surface area contributed by atoms with Crippen LogP contribution in [0.1, 0.15) is 58.6 Å². The van der Waals surface area contributed by atoms with Crippen molar-refractivity contribution in [3.8, 4) is 11.8 Å². The lowest BCUT2D eigenvalue weighted by Gasteiger charge is -2.22. The average Bonchev–Trinajstić information content (AvgIpc) is 3.33. The second-order valence-corrected chi connectivity index (χ2v) is 7.73. The summed E-state index contributed by atoms with van der Waals surface area (Å²) in [5.74, 6) is 0.226. The summed E-state index contributed by atoms with van der Waals surface area (Å²) in [6.07, 6.45) is 7.27. The quantitative estimate of drug-likeness (QED) is 0.272. The molecule has 0 radical (unpaired) electrons. The van der Waals surface area contributed by atoms with E-state index in [4.69, 9.17) is 10.00 Å². The standard InChI is InChI=1S/C15H19N3O.C9H15N3O.C2H6/c1-4-12(3)15(18-17-7-5-6-16)13-8-11(2)9-14(19)10-13;1-7-2-4-10-9(11-7)12-8-3-5-13-6-8;1-2/h4,8-10,17,19H,5,7H2,1-3H3;2,4,8-9,11-12H,3,5-6H2,1H3;1-2H3/b12-4-,18-15+;;/t;8-,9?;/m.1./s1. The van der Waals surface area contributed by atoms with Crippen molar-refractivity contribution in [1.29, 1.82) is 5.26 Å². The number of hydrogen-bond acceptors (Lipinski definition) is 8. The third-order valence-electron chi connectivity index (χ3n) is 4.93. The molecule has 2 heterocycles. The van der Waals surface area contributed by atoms with Gasteiger partial charge >= 0.3 is 0 Å². The van der Waals surface area contributed by atoms with Gasteiger partial charge in [-0.1, -0.05) is 19.9 Å². The Morgan fingerprint density at radius 2 is 2.12 bits per heavy atom. The van der Waals surface area contributed by atoms with E-state index in [-0.39, 0.29) is 12.0 Å². The van der Waals surface area contributed by atoms with Gasteiger partial charge in [0.1, 0.15) is 5.75 Å². The lowest BCUT2D eigenvalue weighted by atomic mass is 10.0. The number of phenolic OH excluding ortho intramolecular Hbond substituents is 1. The van der Waals surface area contributed by atoms with Gasteiger partial charge in [-0.3, -0.25) is 10.3 Å². The molecule has 8 nitrogen and oxygen atoms in total. The minimum absolute atomic E-state index is 0.0247. The molecule has 0 amide bonds. The second-order valence-electron chi connectivity index (χ2n) is 7.73. The molecule has 0 bridgehead atoms. The zero-order chi connectivity index (χ0) is 25.3. The van der Waals surface area contributed by atoms with Gasteiger partial charge in [0.15, 0.2) is 6.29 Å². The summed E-state index contributed by atoms with van der Waals surface area (Å²) in [6, 6.07) is 7.86. The van der Waals surface area contributed by atoms with Crippen molar-refractivity contribution in [2.45, 2.75) is 66.7 Å². The molecule has 0 saturated carbocycles. The Morgan fingerprint density at radius 3 is 2.71 bits per heavy atom. The van der Waals surface area contributed by atoms with Crippen LogP contribution in [0.5, 0.6) is 5.75 Å². The molecule has 3 rings (SSSR count). The number of aliphatic imine (C=N–C) groups is 1. The molecule has 1 aromatic rings. The van der Waals surface area contributed by atoms with Crippen LogP contribution in [0.4, 0.5) is 0 Å². The second kappa shape index (κ2) is 16.5. The van der Waals surface area contributed by atoms with Crippen LogP contribution in [0.2, 0.25) is 0 Å². The Kier molecular flexibility index (Phi) is 14.0. The average molecular weight is 469 g/mol. The van der Waals surface area contributed by atoms with Crippen molar-refractivity contribution in [3.05, 3.63) is 52.7 Å². The zero-order valence-electron chi connectivity index (χ0n) is 21.4. The van der Waals surface area contributed by atoms with Crippen LogP contribution in [-0.2, 0) is 4.74 Å². The molecule has 1 fully saturated rings. The first-order valence-electron chi connectivity index (χ1n) is 11.8. The van der Waals surface area contributed by atoms with Crippen molar-refractivity contribution in [2.75, 3.05) is 19.8 Å². The lowest BCUT2D eigenvalue weighted by Crippen LogP contribution is -2.46. The normalized spacial score (nSPS) is 19.5. The van der Waals surface area contributed by atoms with Gasteiger partial charge in [0.2, 0.25) is 0 Å². The molecule has 2 aliphatic heterocycles. The minimum atomic E-state index is 0.0247. The van der Waals surface area contributed by atoms with E-state index in [9.17, 15) is 5.11 Å². The van der Waals surface area contributed by atoms with E-state index in [1.165, 1.54) is 0 Å². The number of hydrogen-bond donors (Lipinski definition) is 4. The smallest absolute Gasteiger partial charge is 0.173 e. The van der Waals surface area contributed by atoms with Crippen molar-refractivity contribution in [3.63, 3.8) is 0 Å². The summed E-state index contributed by atoms with van der Waals surface area (Å²) in [5, 5.41) is 29.1. The highest BCUT2D eigenvalue weighted by Crippen LogP contribution is 2.18. The highest BCUT2D eigenvalue weighted by atomic mass is 16.5. The number of nitrogens with zero attached hydrogens (tertiary/aromatic N) is 3. The number of nitrogens with one attached hydrogen (secondary N) is 3. The molecule has 2 aliphatic rings. The first kappa shape index (κ1) is 28.9. The lowest BCUT2D eigenvalue weighted by molar-refractivity contribution is 0.187. The Bertz CT molecular complexity index is 888. The van der Waals surface area contributed by atoms with E-state index < -0.39 is 0 Å². The SMILES string of the molecule is C/C=C(C)\C(=N/NCCC#N)c1cc(C)cc(O)c1.CC.CC1=CC=NC(N[C@@H]2CCOC2)N1. The highest BCUT2D eigenvalue weighted by Gasteiger charge is 2.19. The van der Waals surface area contributed by atoms with Gasteiger partial charge in [-0.15, -0.1) is 0 Å². The molecule has 34 heavy (non-hydrogen) atoms. The molecule has 0 aromatic heterocycles. The summed E-state index contributed by atoms with van der Waals surface area (Å²) in [6.45, 7) is 14.0. The maximum absolute atomic E-state index is 9.67. The van der Waals surface area contributed by atoms with Crippen LogP contribution in [0.3, 0.4) is 0 Å². The van der Waals surface area contributed by atoms with Gasteiger partial charge < -0.3 is 20.6 Å². The summed E-state index contributed by atoms with van der Waals surface area (Å²) in [7, 11) is 0. The topological polar surface area (TPSA) is 114 Å². The van der Waals surface area contributed by atoms with E-state index in [2.05, 4.69) is 32.2 Å². The Morgan fingerprint density at radius 1 is 1.35 bits per heavy atom. The van der Waals surface area contributed by atoms with E-state index in [1.807, 2.05) is 66.0 Å². The van der Waals surface area contributed by atoms with Crippen LogP contribution in [0, 0.1) is 18.3 Å². The van der Waals surface area contributed by atoms with E-state index in [0.29, 0.717) is 19.0 Å². The zero-order valence-corrected chi connectivity index (χ0v) is 21.4. The van der Waals surface area contributed by atoms with Crippen molar-refractivity contribution < 1.29 is 9.84 Å². The van der Waals surface area contributed by atoms with E-state index >= 15 is 0 Å². The first-order chi connectivity index (χ1) is 16.4. The fourth-order valence-corrected chi connectivity index (χ4v) is 3.18. The minimum Gasteiger partial charge on any atom is -0.508 e. The van der Waals surface area contributed by atoms with Gasteiger partial charge in [0.25, 0.3) is 0 Å². The maximum atomic E-state index is 9.67. The number of rotatable bonds is 7. The van der Waals surface area contributed by atoms with Crippen LogP contribution in [0.25, 0.3) is 0 Å². The number of allylic oxidation sites excluding steroid dienone is 4. The Balaban J connectivity index is 0.000000334. The van der Waals surface area contributed by atoms with E-state index in [1.54, 1.807) is 12.1 Å². The fourth-order valence-electron chi connectivity index (χ4n) is 3.18. The molecule has 0 spiro atoms. The van der Waals surface area contributed by atoms with Crippen LogP contribution in [-0.4, -0.2) is 49.1 Å². The molecule has 8 heteroatoms. The Hall–Kier alpha value is -3.15. The van der Waals surface area contributed by atoms with Crippen LogP contribution < -0.4 is 16.1 Å². The van der Waals surface area contributed by atoms with Crippen LogP contribution >= 0.6 is 0 Å². The van der Waals surface area contributed by atoms with Gasteiger partial charge in [0, 0.05) is 36.7 Å². The number of aryl methyl sites for hydroxylation is 1. The first-order valence-corrected chi connectivity index (χ1v) is 11.8. The largest absolute Gasteiger partial charge is 0.508 e. The monoisotopic (exact) mass is 468 g/mol. The third-order valence-corrected chi connectivity index (χ3v) is 4.93. The molecule has 0 aliphatic carbocycles. The number of hydrazone groups is 1. The molecule has 186 valence electrons. The maximum Gasteiger partial charge on any atom is 0.173 e. The Labute approximate surface area is 204 Å². The van der Waals surface area contributed by atoms with Gasteiger partial charge in [0.05, 0.1) is 24.8 Å². The molecular formula is C26H40N6O2.